The van der Waals surface area contributed by atoms with Gasteiger partial charge in [0.05, 0.1) is 6.26 Å². The fourth-order valence-corrected chi connectivity index (χ4v) is 1.53. The third-order valence-electron chi connectivity index (χ3n) is 2.55. The molecule has 0 bridgehead atoms. The molecule has 0 unspecified atom stereocenters. The van der Waals surface area contributed by atoms with Gasteiger partial charge >= 0.3 is 0 Å². The fraction of sp³-hybridized carbons (Fsp3) is 0.455. The van der Waals surface area contributed by atoms with Gasteiger partial charge < -0.3 is 14.2 Å². The van der Waals surface area contributed by atoms with E-state index in [1.165, 1.54) is 12.8 Å². The average molecular weight is 219 g/mol. The summed E-state index contributed by atoms with van der Waals surface area (Å²) in [6.45, 7) is 0.893. The predicted octanol–water partition coefficient (Wildman–Crippen LogP) is 1.62. The van der Waals surface area contributed by atoms with E-state index in [4.69, 9.17) is 8.83 Å². The van der Waals surface area contributed by atoms with Gasteiger partial charge in [-0.05, 0) is 25.0 Å². The Morgan fingerprint density at radius 3 is 3.06 bits per heavy atom. The molecule has 2 aromatic heterocycles. The Labute approximate surface area is 92.9 Å². The van der Waals surface area contributed by atoms with E-state index in [0.717, 1.165) is 13.0 Å². The second-order valence-electron chi connectivity index (χ2n) is 3.96. The van der Waals surface area contributed by atoms with Crippen LogP contribution in [-0.2, 0) is 6.42 Å². The molecule has 2 aromatic rings. The van der Waals surface area contributed by atoms with Crippen LogP contribution >= 0.6 is 0 Å². The van der Waals surface area contributed by atoms with Crippen LogP contribution in [0.15, 0.2) is 27.2 Å². The highest BCUT2D eigenvalue weighted by Gasteiger charge is 2.20. The van der Waals surface area contributed by atoms with Gasteiger partial charge in [-0.1, -0.05) is 0 Å². The highest BCUT2D eigenvalue weighted by Crippen LogP contribution is 2.19. The molecule has 84 valence electrons. The highest BCUT2D eigenvalue weighted by atomic mass is 16.4. The van der Waals surface area contributed by atoms with Crippen LogP contribution in [0.1, 0.15) is 18.7 Å². The molecule has 0 saturated heterocycles. The number of nitrogens with one attached hydrogen (secondary N) is 1. The highest BCUT2D eigenvalue weighted by molar-refractivity contribution is 5.42. The van der Waals surface area contributed by atoms with Crippen molar-refractivity contribution in [2.75, 3.05) is 6.54 Å². The zero-order valence-electron chi connectivity index (χ0n) is 8.85. The number of nitrogens with zero attached hydrogens (tertiary/aromatic N) is 2. The molecule has 1 aliphatic rings. The molecule has 1 saturated carbocycles. The molecule has 0 radical (unpaired) electrons. The predicted molar refractivity (Wildman–Crippen MR) is 56.7 cm³/mol. The molecule has 2 heterocycles. The Morgan fingerprint density at radius 2 is 2.31 bits per heavy atom. The molecule has 1 fully saturated rings. The lowest BCUT2D eigenvalue weighted by Gasteiger charge is -1.97. The third kappa shape index (κ3) is 2.14. The molecule has 0 aliphatic heterocycles. The van der Waals surface area contributed by atoms with Gasteiger partial charge in [0.1, 0.15) is 0 Å². The van der Waals surface area contributed by atoms with Gasteiger partial charge in [0.15, 0.2) is 5.76 Å². The first-order chi connectivity index (χ1) is 7.92. The maximum atomic E-state index is 5.47. The monoisotopic (exact) mass is 219 g/mol. The first kappa shape index (κ1) is 9.59. The summed E-state index contributed by atoms with van der Waals surface area (Å²) >= 11 is 0. The van der Waals surface area contributed by atoms with E-state index in [9.17, 15) is 0 Å². The molecule has 0 aromatic carbocycles. The van der Waals surface area contributed by atoms with Gasteiger partial charge in [-0.15, -0.1) is 10.2 Å². The largest absolute Gasteiger partial charge is 0.459 e. The Balaban J connectivity index is 1.59. The van der Waals surface area contributed by atoms with Gasteiger partial charge in [-0.3, -0.25) is 0 Å². The van der Waals surface area contributed by atoms with E-state index in [1.54, 1.807) is 18.4 Å². The lowest BCUT2D eigenvalue weighted by molar-refractivity contribution is 0.473. The van der Waals surface area contributed by atoms with Crippen molar-refractivity contribution in [1.29, 1.82) is 0 Å². The average Bonchev–Trinajstić information content (AvgIpc) is 2.83. The summed E-state index contributed by atoms with van der Waals surface area (Å²) < 4.78 is 10.6. The molecule has 16 heavy (non-hydrogen) atoms. The van der Waals surface area contributed by atoms with Crippen LogP contribution < -0.4 is 5.32 Å². The van der Waals surface area contributed by atoms with E-state index in [-0.39, 0.29) is 0 Å². The van der Waals surface area contributed by atoms with Crippen molar-refractivity contribution in [3.8, 4) is 11.7 Å². The minimum atomic E-state index is 0.450. The van der Waals surface area contributed by atoms with Crippen molar-refractivity contribution in [3.63, 3.8) is 0 Å². The molecule has 1 N–H and O–H groups in total. The second-order valence-corrected chi connectivity index (χ2v) is 3.96. The first-order valence-electron chi connectivity index (χ1n) is 5.51. The summed E-state index contributed by atoms with van der Waals surface area (Å²) in [6.07, 6.45) is 4.95. The van der Waals surface area contributed by atoms with Gasteiger partial charge in [-0.2, -0.15) is 0 Å². The Hall–Kier alpha value is -1.62. The molecule has 5 heteroatoms. The first-order valence-corrected chi connectivity index (χ1v) is 5.51. The fourth-order valence-electron chi connectivity index (χ4n) is 1.53. The standard InChI is InChI=1S/C11H13N3O2/c1-2-9(15-7-1)11-14-13-10(16-11)5-6-12-8-3-4-8/h1-2,7-8,12H,3-6H2. The summed E-state index contributed by atoms with van der Waals surface area (Å²) in [7, 11) is 0. The number of hydrogen-bond acceptors (Lipinski definition) is 5. The van der Waals surface area contributed by atoms with Crippen molar-refractivity contribution >= 4 is 0 Å². The van der Waals surface area contributed by atoms with E-state index >= 15 is 0 Å². The summed E-state index contributed by atoms with van der Waals surface area (Å²) in [4.78, 5) is 0. The summed E-state index contributed by atoms with van der Waals surface area (Å²) in [5, 5.41) is 11.3. The summed E-state index contributed by atoms with van der Waals surface area (Å²) in [5.41, 5.74) is 0. The van der Waals surface area contributed by atoms with Crippen LogP contribution in [0.3, 0.4) is 0 Å². The second kappa shape index (κ2) is 4.09. The maximum Gasteiger partial charge on any atom is 0.283 e. The molecular weight excluding hydrogens is 206 g/mol. The summed E-state index contributed by atoms with van der Waals surface area (Å²) in [6, 6.07) is 4.32. The molecular formula is C11H13N3O2. The van der Waals surface area contributed by atoms with Crippen molar-refractivity contribution < 1.29 is 8.83 Å². The number of aromatic nitrogens is 2. The zero-order valence-corrected chi connectivity index (χ0v) is 8.85. The lowest BCUT2D eigenvalue weighted by Crippen LogP contribution is -2.19. The lowest BCUT2D eigenvalue weighted by atomic mass is 10.4. The van der Waals surface area contributed by atoms with E-state index in [2.05, 4.69) is 15.5 Å². The molecule has 1 aliphatic carbocycles. The molecule has 3 rings (SSSR count). The molecule has 0 amide bonds. The van der Waals surface area contributed by atoms with Gasteiger partial charge in [0.25, 0.3) is 5.89 Å². The zero-order chi connectivity index (χ0) is 10.8. The van der Waals surface area contributed by atoms with Gasteiger partial charge in [0.2, 0.25) is 5.89 Å². The Kier molecular flexibility index (Phi) is 2.46. The van der Waals surface area contributed by atoms with Crippen LogP contribution in [0.4, 0.5) is 0 Å². The Morgan fingerprint density at radius 1 is 1.38 bits per heavy atom. The van der Waals surface area contributed by atoms with E-state index in [0.29, 0.717) is 23.6 Å². The van der Waals surface area contributed by atoms with Crippen LogP contribution in [0.5, 0.6) is 0 Å². The van der Waals surface area contributed by atoms with Crippen LogP contribution in [-0.4, -0.2) is 22.8 Å². The van der Waals surface area contributed by atoms with E-state index in [1.807, 2.05) is 0 Å². The quantitative estimate of drug-likeness (QED) is 0.827. The molecule has 0 spiro atoms. The van der Waals surface area contributed by atoms with Crippen LogP contribution in [0.25, 0.3) is 11.7 Å². The minimum Gasteiger partial charge on any atom is -0.459 e. The maximum absolute atomic E-state index is 5.47. The topological polar surface area (TPSA) is 64.1 Å². The Bertz CT molecular complexity index is 446. The van der Waals surface area contributed by atoms with Crippen molar-refractivity contribution in [2.45, 2.75) is 25.3 Å². The smallest absolute Gasteiger partial charge is 0.283 e. The van der Waals surface area contributed by atoms with Crippen molar-refractivity contribution in [3.05, 3.63) is 24.3 Å². The summed E-state index contributed by atoms with van der Waals surface area (Å²) in [5.74, 6) is 1.72. The van der Waals surface area contributed by atoms with Gasteiger partial charge in [0, 0.05) is 19.0 Å². The molecule has 0 atom stereocenters. The van der Waals surface area contributed by atoms with Crippen molar-refractivity contribution in [1.82, 2.24) is 15.5 Å². The number of rotatable bonds is 5. The van der Waals surface area contributed by atoms with Crippen molar-refractivity contribution in [2.24, 2.45) is 0 Å². The number of furan rings is 1. The van der Waals surface area contributed by atoms with Crippen LogP contribution in [0, 0.1) is 0 Å². The number of hydrogen-bond donors (Lipinski definition) is 1. The van der Waals surface area contributed by atoms with Gasteiger partial charge in [-0.25, -0.2) is 0 Å². The van der Waals surface area contributed by atoms with Crippen LogP contribution in [0.2, 0.25) is 0 Å². The molecule has 5 nitrogen and oxygen atoms in total. The van der Waals surface area contributed by atoms with E-state index < -0.39 is 0 Å². The minimum absolute atomic E-state index is 0.450. The normalized spacial score (nSPS) is 15.5. The third-order valence-corrected chi connectivity index (χ3v) is 2.55. The SMILES string of the molecule is c1coc(-c2nnc(CCNC3CC3)o2)c1.